The van der Waals surface area contributed by atoms with Crippen molar-refractivity contribution in [1.29, 1.82) is 0 Å². The van der Waals surface area contributed by atoms with Gasteiger partial charge in [-0.3, -0.25) is 9.78 Å². The van der Waals surface area contributed by atoms with Crippen LogP contribution >= 0.6 is 0 Å². The summed E-state index contributed by atoms with van der Waals surface area (Å²) in [5, 5.41) is 0. The first-order chi connectivity index (χ1) is 7.36. The molecule has 0 aliphatic rings. The lowest BCUT2D eigenvalue weighted by molar-refractivity contribution is 0.0889. The number of nitrogens with zero attached hydrogens (tertiary/aromatic N) is 2. The van der Waals surface area contributed by atoms with Gasteiger partial charge in [-0.05, 0) is 12.1 Å². The quantitative estimate of drug-likeness (QED) is 0.741. The Morgan fingerprint density at radius 3 is 2.93 bits per heavy atom. The first kappa shape index (κ1) is 9.45. The normalized spacial score (nSPS) is 9.87. The van der Waals surface area contributed by atoms with Crippen LogP contribution in [0.4, 0.5) is 0 Å². The molecule has 4 heteroatoms. The minimum absolute atomic E-state index is 0.179. The van der Waals surface area contributed by atoms with Crippen LogP contribution in [0.3, 0.4) is 0 Å². The predicted octanol–water partition coefficient (Wildman–Crippen LogP) is 0.872. The molecular weight excluding hydrogens is 192 g/mol. The number of hydrogen-bond donors (Lipinski definition) is 0. The van der Waals surface area contributed by atoms with Gasteiger partial charge in [-0.2, -0.15) is 4.73 Å². The van der Waals surface area contributed by atoms with Crippen molar-refractivity contribution < 1.29 is 4.84 Å². The van der Waals surface area contributed by atoms with E-state index in [1.54, 1.807) is 30.7 Å². The monoisotopic (exact) mass is 202 g/mol. The SMILES string of the molecule is O=c1ccccn1OCc1cccnc1. The first-order valence-electron chi connectivity index (χ1n) is 4.56. The molecule has 0 radical (unpaired) electrons. The van der Waals surface area contributed by atoms with Crippen molar-refractivity contribution in [3.8, 4) is 0 Å². The van der Waals surface area contributed by atoms with Gasteiger partial charge in [0.25, 0.3) is 5.56 Å². The Kier molecular flexibility index (Phi) is 2.78. The summed E-state index contributed by atoms with van der Waals surface area (Å²) in [5.41, 5.74) is 0.745. The molecule has 2 rings (SSSR count). The van der Waals surface area contributed by atoms with Gasteiger partial charge in [-0.15, -0.1) is 0 Å². The maximum atomic E-state index is 11.3. The van der Waals surface area contributed by atoms with E-state index in [1.165, 1.54) is 10.8 Å². The largest absolute Gasteiger partial charge is 0.406 e. The summed E-state index contributed by atoms with van der Waals surface area (Å²) < 4.78 is 1.20. The summed E-state index contributed by atoms with van der Waals surface area (Å²) in [6, 6.07) is 8.58. The highest BCUT2D eigenvalue weighted by atomic mass is 16.7. The van der Waals surface area contributed by atoms with Crippen molar-refractivity contribution in [1.82, 2.24) is 9.71 Å². The Morgan fingerprint density at radius 1 is 1.27 bits per heavy atom. The molecule has 15 heavy (non-hydrogen) atoms. The minimum atomic E-state index is -0.179. The van der Waals surface area contributed by atoms with Gasteiger partial charge >= 0.3 is 0 Å². The topological polar surface area (TPSA) is 44.1 Å². The van der Waals surface area contributed by atoms with E-state index in [2.05, 4.69) is 4.98 Å². The van der Waals surface area contributed by atoms with Crippen molar-refractivity contribution in [3.05, 3.63) is 64.8 Å². The highest BCUT2D eigenvalue weighted by molar-refractivity contribution is 5.06. The summed E-state index contributed by atoms with van der Waals surface area (Å²) in [5.74, 6) is 0. The first-order valence-corrected chi connectivity index (χ1v) is 4.56. The van der Waals surface area contributed by atoms with Crippen LogP contribution in [0.5, 0.6) is 0 Å². The number of aromatic nitrogens is 2. The number of hydrogen-bond acceptors (Lipinski definition) is 3. The van der Waals surface area contributed by atoms with E-state index >= 15 is 0 Å². The van der Waals surface area contributed by atoms with Crippen LogP contribution < -0.4 is 10.4 Å². The fourth-order valence-corrected chi connectivity index (χ4v) is 1.15. The average Bonchev–Trinajstić information content (AvgIpc) is 2.29. The van der Waals surface area contributed by atoms with E-state index in [-0.39, 0.29) is 5.56 Å². The van der Waals surface area contributed by atoms with Crippen LogP contribution in [0.2, 0.25) is 0 Å². The van der Waals surface area contributed by atoms with Crippen molar-refractivity contribution in [2.24, 2.45) is 0 Å². The van der Waals surface area contributed by atoms with Crippen molar-refractivity contribution in [2.45, 2.75) is 6.61 Å². The molecule has 2 aromatic rings. The molecule has 0 atom stereocenters. The average molecular weight is 202 g/mol. The van der Waals surface area contributed by atoms with Gasteiger partial charge in [0.2, 0.25) is 0 Å². The number of pyridine rings is 2. The third-order valence-corrected chi connectivity index (χ3v) is 1.88. The van der Waals surface area contributed by atoms with Gasteiger partial charge < -0.3 is 4.84 Å². The molecule has 0 aliphatic carbocycles. The predicted molar refractivity (Wildman–Crippen MR) is 55.2 cm³/mol. The molecule has 0 bridgehead atoms. The Bertz CT molecular complexity index is 479. The maximum Gasteiger partial charge on any atom is 0.282 e. The summed E-state index contributed by atoms with van der Waals surface area (Å²) in [7, 11) is 0. The number of rotatable bonds is 3. The zero-order chi connectivity index (χ0) is 10.5. The molecule has 0 unspecified atom stereocenters. The molecule has 0 amide bonds. The van der Waals surface area contributed by atoms with E-state index in [4.69, 9.17) is 4.84 Å². The molecular formula is C11H10N2O2. The Hall–Kier alpha value is -2.10. The standard InChI is InChI=1S/C11H10N2O2/c14-11-5-1-2-7-13(11)15-9-10-4-3-6-12-8-10/h1-8H,9H2. The summed E-state index contributed by atoms with van der Waals surface area (Å²) in [4.78, 5) is 20.5. The third kappa shape index (κ3) is 2.43. The summed E-state index contributed by atoms with van der Waals surface area (Å²) in [6.45, 7) is 0.331. The van der Waals surface area contributed by atoms with E-state index in [0.29, 0.717) is 6.61 Å². The van der Waals surface area contributed by atoms with Crippen molar-refractivity contribution >= 4 is 0 Å². The molecule has 0 aliphatic heterocycles. The molecule has 0 saturated heterocycles. The summed E-state index contributed by atoms with van der Waals surface area (Å²) in [6.07, 6.45) is 4.98. The minimum Gasteiger partial charge on any atom is -0.406 e. The van der Waals surface area contributed by atoms with E-state index < -0.39 is 0 Å². The van der Waals surface area contributed by atoms with Gasteiger partial charge in [0.15, 0.2) is 0 Å². The van der Waals surface area contributed by atoms with Gasteiger partial charge in [0, 0.05) is 30.2 Å². The smallest absolute Gasteiger partial charge is 0.282 e. The second kappa shape index (κ2) is 4.41. The molecule has 0 N–H and O–H groups in total. The molecule has 0 spiro atoms. The zero-order valence-electron chi connectivity index (χ0n) is 8.04. The van der Waals surface area contributed by atoms with Crippen LogP contribution in [-0.2, 0) is 6.61 Å². The molecule has 2 heterocycles. The Balaban J connectivity index is 2.06. The molecule has 0 saturated carbocycles. The highest BCUT2D eigenvalue weighted by Crippen LogP contribution is 1.95. The fourth-order valence-electron chi connectivity index (χ4n) is 1.15. The van der Waals surface area contributed by atoms with Crippen LogP contribution in [0.25, 0.3) is 0 Å². The second-order valence-corrected chi connectivity index (χ2v) is 3.00. The molecule has 2 aromatic heterocycles. The van der Waals surface area contributed by atoms with Crippen LogP contribution in [-0.4, -0.2) is 9.71 Å². The summed E-state index contributed by atoms with van der Waals surface area (Å²) >= 11 is 0. The van der Waals surface area contributed by atoms with Crippen LogP contribution in [0.1, 0.15) is 5.56 Å². The second-order valence-electron chi connectivity index (χ2n) is 3.00. The highest BCUT2D eigenvalue weighted by Gasteiger charge is 1.95. The molecule has 4 nitrogen and oxygen atoms in total. The van der Waals surface area contributed by atoms with Gasteiger partial charge in [0.05, 0.1) is 0 Å². The van der Waals surface area contributed by atoms with Gasteiger partial charge in [-0.25, -0.2) is 0 Å². The van der Waals surface area contributed by atoms with Crippen LogP contribution in [0.15, 0.2) is 53.7 Å². The Labute approximate surface area is 86.7 Å². The lowest BCUT2D eigenvalue weighted by atomic mass is 10.3. The van der Waals surface area contributed by atoms with E-state index in [1.807, 2.05) is 12.1 Å². The van der Waals surface area contributed by atoms with Crippen molar-refractivity contribution in [2.75, 3.05) is 0 Å². The van der Waals surface area contributed by atoms with E-state index in [9.17, 15) is 4.79 Å². The molecule has 76 valence electrons. The lowest BCUT2D eigenvalue weighted by Crippen LogP contribution is -2.24. The third-order valence-electron chi connectivity index (χ3n) is 1.88. The molecule has 0 aromatic carbocycles. The van der Waals surface area contributed by atoms with Gasteiger partial charge in [0.1, 0.15) is 6.61 Å². The molecule has 0 fully saturated rings. The Morgan fingerprint density at radius 2 is 2.20 bits per heavy atom. The zero-order valence-corrected chi connectivity index (χ0v) is 8.04. The fraction of sp³-hybridized carbons (Fsp3) is 0.0909. The van der Waals surface area contributed by atoms with E-state index in [0.717, 1.165) is 5.56 Å². The van der Waals surface area contributed by atoms with Crippen molar-refractivity contribution in [3.63, 3.8) is 0 Å². The van der Waals surface area contributed by atoms with Crippen LogP contribution in [0, 0.1) is 0 Å². The lowest BCUT2D eigenvalue weighted by Gasteiger charge is -2.06. The van der Waals surface area contributed by atoms with Gasteiger partial charge in [-0.1, -0.05) is 12.1 Å². The maximum absolute atomic E-state index is 11.3.